The van der Waals surface area contributed by atoms with Gasteiger partial charge in [-0.1, -0.05) is 12.2 Å². The van der Waals surface area contributed by atoms with Crippen molar-refractivity contribution >= 4 is 17.8 Å². The number of allylic oxidation sites excluding steroid dienone is 2. The van der Waals surface area contributed by atoms with Crippen molar-refractivity contribution in [3.8, 4) is 0 Å². The number of carbonyl (C=O) groups is 3. The van der Waals surface area contributed by atoms with Crippen LogP contribution in [0.25, 0.3) is 0 Å². The summed E-state index contributed by atoms with van der Waals surface area (Å²) in [6.45, 7) is 0.430. The van der Waals surface area contributed by atoms with Gasteiger partial charge >= 0.3 is 5.97 Å². The van der Waals surface area contributed by atoms with Crippen LogP contribution < -0.4 is 10.6 Å². The molecule has 1 saturated carbocycles. The molecule has 102 valence electrons. The number of carbonyl (C=O) groups excluding carboxylic acids is 2. The molecule has 2 amide bonds. The summed E-state index contributed by atoms with van der Waals surface area (Å²) in [5.41, 5.74) is 0. The summed E-state index contributed by atoms with van der Waals surface area (Å²) in [4.78, 5) is 34.7. The van der Waals surface area contributed by atoms with Crippen molar-refractivity contribution < 1.29 is 19.5 Å². The molecule has 1 heterocycles. The molecule has 0 aromatic rings. The summed E-state index contributed by atoms with van der Waals surface area (Å²) in [6.07, 6.45) is 4.89. The summed E-state index contributed by atoms with van der Waals surface area (Å²) < 4.78 is 0. The van der Waals surface area contributed by atoms with E-state index >= 15 is 0 Å². The van der Waals surface area contributed by atoms with Gasteiger partial charge in [0.25, 0.3) is 0 Å². The fourth-order valence-electron chi connectivity index (χ4n) is 3.52. The van der Waals surface area contributed by atoms with Crippen molar-refractivity contribution in [3.63, 3.8) is 0 Å². The van der Waals surface area contributed by atoms with Crippen LogP contribution in [0.2, 0.25) is 0 Å². The monoisotopic (exact) mass is 264 g/mol. The lowest BCUT2D eigenvalue weighted by atomic mass is 9.82. The second kappa shape index (κ2) is 4.36. The zero-order chi connectivity index (χ0) is 13.6. The minimum absolute atomic E-state index is 0.0242. The maximum atomic E-state index is 12.3. The maximum Gasteiger partial charge on any atom is 0.307 e. The Morgan fingerprint density at radius 1 is 1.26 bits per heavy atom. The second-order valence-corrected chi connectivity index (χ2v) is 5.55. The highest BCUT2D eigenvalue weighted by Crippen LogP contribution is 2.48. The Morgan fingerprint density at radius 3 is 2.53 bits per heavy atom. The number of hydrogen-bond donors (Lipinski definition) is 3. The molecule has 3 rings (SSSR count). The van der Waals surface area contributed by atoms with Crippen molar-refractivity contribution in [2.45, 2.75) is 18.9 Å². The van der Waals surface area contributed by atoms with E-state index in [2.05, 4.69) is 10.6 Å². The molecule has 1 saturated heterocycles. The number of carboxylic acids is 1. The van der Waals surface area contributed by atoms with Gasteiger partial charge in [-0.05, 0) is 18.3 Å². The van der Waals surface area contributed by atoms with Crippen molar-refractivity contribution in [2.75, 3.05) is 6.54 Å². The number of carboxylic acid groups (broad SMARTS) is 1. The van der Waals surface area contributed by atoms with Crippen LogP contribution in [-0.4, -0.2) is 35.5 Å². The van der Waals surface area contributed by atoms with E-state index in [9.17, 15) is 19.5 Å². The van der Waals surface area contributed by atoms with Crippen molar-refractivity contribution in [1.29, 1.82) is 0 Å². The lowest BCUT2D eigenvalue weighted by Gasteiger charge is -2.25. The van der Waals surface area contributed by atoms with E-state index < -0.39 is 17.8 Å². The van der Waals surface area contributed by atoms with Gasteiger partial charge in [0.15, 0.2) is 0 Å². The SMILES string of the molecule is O=C1CC(NC(=O)C2C3C=CC(C3)C2C(=O)O)CN1. The number of amides is 2. The predicted molar refractivity (Wildman–Crippen MR) is 64.9 cm³/mol. The summed E-state index contributed by atoms with van der Waals surface area (Å²) in [5, 5.41) is 14.7. The zero-order valence-corrected chi connectivity index (χ0v) is 10.3. The highest BCUT2D eigenvalue weighted by molar-refractivity contribution is 5.88. The normalized spacial score (nSPS) is 39.4. The molecule has 6 nitrogen and oxygen atoms in total. The van der Waals surface area contributed by atoms with Gasteiger partial charge in [-0.2, -0.15) is 0 Å². The highest BCUT2D eigenvalue weighted by Gasteiger charge is 2.51. The molecule has 2 aliphatic carbocycles. The lowest BCUT2D eigenvalue weighted by molar-refractivity contribution is -0.148. The fraction of sp³-hybridized carbons (Fsp3) is 0.615. The van der Waals surface area contributed by atoms with E-state index in [-0.39, 0.29) is 36.1 Å². The van der Waals surface area contributed by atoms with E-state index in [1.807, 2.05) is 12.2 Å². The standard InChI is InChI=1S/C13H16N2O4/c16-9-4-8(5-14-9)15-12(17)10-6-1-2-7(3-6)11(10)13(18)19/h1-2,6-8,10-11H,3-5H2,(H,14,16)(H,15,17)(H,18,19). The molecule has 19 heavy (non-hydrogen) atoms. The fourth-order valence-corrected chi connectivity index (χ4v) is 3.52. The summed E-state index contributed by atoms with van der Waals surface area (Å²) >= 11 is 0. The van der Waals surface area contributed by atoms with Crippen LogP contribution in [0.5, 0.6) is 0 Å². The Labute approximate surface area is 110 Å². The van der Waals surface area contributed by atoms with Gasteiger partial charge in [-0.15, -0.1) is 0 Å². The first-order valence-corrected chi connectivity index (χ1v) is 6.54. The van der Waals surface area contributed by atoms with Crippen molar-refractivity contribution in [3.05, 3.63) is 12.2 Å². The smallest absolute Gasteiger partial charge is 0.307 e. The minimum atomic E-state index is -0.905. The van der Waals surface area contributed by atoms with Crippen LogP contribution in [-0.2, 0) is 14.4 Å². The highest BCUT2D eigenvalue weighted by atomic mass is 16.4. The zero-order valence-electron chi connectivity index (χ0n) is 10.3. The third kappa shape index (κ3) is 2.01. The van der Waals surface area contributed by atoms with Crippen molar-refractivity contribution in [1.82, 2.24) is 10.6 Å². The Hall–Kier alpha value is -1.85. The molecule has 0 spiro atoms. The Balaban J connectivity index is 1.70. The molecule has 3 N–H and O–H groups in total. The molecule has 0 aromatic carbocycles. The molecule has 2 bridgehead atoms. The van der Waals surface area contributed by atoms with Crippen molar-refractivity contribution in [2.24, 2.45) is 23.7 Å². The molecular weight excluding hydrogens is 248 g/mol. The molecule has 0 radical (unpaired) electrons. The van der Waals surface area contributed by atoms with Crippen LogP contribution in [0.4, 0.5) is 0 Å². The van der Waals surface area contributed by atoms with E-state index in [0.717, 1.165) is 6.42 Å². The Bertz CT molecular complexity index is 473. The summed E-state index contributed by atoms with van der Waals surface area (Å²) in [6, 6.07) is -0.211. The molecular formula is C13H16N2O4. The third-order valence-corrected chi connectivity index (χ3v) is 4.37. The molecule has 1 aliphatic heterocycles. The van der Waals surface area contributed by atoms with Gasteiger partial charge in [0, 0.05) is 13.0 Å². The predicted octanol–water partition coefficient (Wildman–Crippen LogP) is -0.486. The van der Waals surface area contributed by atoms with Gasteiger partial charge in [-0.3, -0.25) is 14.4 Å². The van der Waals surface area contributed by atoms with Crippen LogP contribution in [0.3, 0.4) is 0 Å². The number of rotatable bonds is 3. The first-order valence-electron chi connectivity index (χ1n) is 6.54. The number of hydrogen-bond acceptors (Lipinski definition) is 3. The van der Waals surface area contributed by atoms with Crippen LogP contribution in [0.15, 0.2) is 12.2 Å². The number of fused-ring (bicyclic) bond motifs is 2. The van der Waals surface area contributed by atoms with Gasteiger partial charge in [0.05, 0.1) is 17.9 Å². The summed E-state index contributed by atoms with van der Waals surface area (Å²) in [5.74, 6) is -2.34. The van der Waals surface area contributed by atoms with E-state index in [0.29, 0.717) is 6.54 Å². The maximum absolute atomic E-state index is 12.3. The minimum Gasteiger partial charge on any atom is -0.481 e. The molecule has 5 atom stereocenters. The largest absolute Gasteiger partial charge is 0.481 e. The molecule has 6 heteroatoms. The Kier molecular flexibility index (Phi) is 2.80. The van der Waals surface area contributed by atoms with Crippen LogP contribution in [0.1, 0.15) is 12.8 Å². The molecule has 3 aliphatic rings. The molecule has 2 fully saturated rings. The Morgan fingerprint density at radius 2 is 1.95 bits per heavy atom. The second-order valence-electron chi connectivity index (χ2n) is 5.55. The van der Waals surface area contributed by atoms with Gasteiger partial charge in [0.1, 0.15) is 0 Å². The van der Waals surface area contributed by atoms with Gasteiger partial charge in [0.2, 0.25) is 11.8 Å². The number of nitrogens with one attached hydrogen (secondary N) is 2. The van der Waals surface area contributed by atoms with E-state index in [4.69, 9.17) is 0 Å². The lowest BCUT2D eigenvalue weighted by Crippen LogP contribution is -2.45. The third-order valence-electron chi connectivity index (χ3n) is 4.37. The summed E-state index contributed by atoms with van der Waals surface area (Å²) in [7, 11) is 0. The molecule has 0 aromatic heterocycles. The van der Waals surface area contributed by atoms with E-state index in [1.165, 1.54) is 0 Å². The van der Waals surface area contributed by atoms with Crippen LogP contribution in [0, 0.1) is 23.7 Å². The van der Waals surface area contributed by atoms with Gasteiger partial charge < -0.3 is 15.7 Å². The average Bonchev–Trinajstić information content (AvgIpc) is 3.03. The topological polar surface area (TPSA) is 95.5 Å². The quantitative estimate of drug-likeness (QED) is 0.600. The first-order chi connectivity index (χ1) is 9.06. The van der Waals surface area contributed by atoms with E-state index in [1.54, 1.807) is 0 Å². The van der Waals surface area contributed by atoms with Gasteiger partial charge in [-0.25, -0.2) is 0 Å². The average molecular weight is 264 g/mol. The first kappa shape index (κ1) is 12.2. The number of aliphatic carboxylic acids is 1. The molecule has 5 unspecified atom stereocenters. The van der Waals surface area contributed by atoms with Crippen LogP contribution >= 0.6 is 0 Å².